The number of anilines is 1. The number of aromatic nitrogens is 3. The summed E-state index contributed by atoms with van der Waals surface area (Å²) in [6.45, 7) is 0. The molecule has 112 valence electrons. The van der Waals surface area contributed by atoms with Crippen LogP contribution < -0.4 is 5.32 Å². The molecule has 2 aromatic heterocycles. The number of hydrogen-bond donors (Lipinski definition) is 2. The summed E-state index contributed by atoms with van der Waals surface area (Å²) in [6, 6.07) is 16.8. The predicted molar refractivity (Wildman–Crippen MR) is 86.0 cm³/mol. The van der Waals surface area contributed by atoms with Crippen molar-refractivity contribution < 1.29 is 9.21 Å². The number of nitrogens with zero attached hydrogens (tertiary/aromatic N) is 2. The maximum atomic E-state index is 12.4. The molecule has 4 aromatic rings. The molecule has 0 unspecified atom stereocenters. The van der Waals surface area contributed by atoms with Gasteiger partial charge in [0.1, 0.15) is 5.69 Å². The normalized spacial score (nSPS) is 10.8. The van der Waals surface area contributed by atoms with Gasteiger partial charge in [-0.2, -0.15) is 0 Å². The Kier molecular flexibility index (Phi) is 3.12. The van der Waals surface area contributed by atoms with Gasteiger partial charge in [-0.1, -0.05) is 24.3 Å². The maximum Gasteiger partial charge on any atom is 0.272 e. The Morgan fingerprint density at radius 2 is 2.00 bits per heavy atom. The van der Waals surface area contributed by atoms with Crippen molar-refractivity contribution in [1.29, 1.82) is 0 Å². The first-order valence-electron chi connectivity index (χ1n) is 7.05. The topological polar surface area (TPSA) is 83.8 Å². The molecule has 0 bridgehead atoms. The molecule has 0 aliphatic carbocycles. The minimum atomic E-state index is -0.205. The standard InChI is InChI=1S/C17H12N4O2/c22-16(15-9-11-4-1-2-7-14(11)20-15)19-13-6-3-5-12(8-13)17-21-18-10-23-17/h1-10,20H,(H,19,22). The van der Waals surface area contributed by atoms with E-state index in [0.717, 1.165) is 16.5 Å². The van der Waals surface area contributed by atoms with Gasteiger partial charge < -0.3 is 14.7 Å². The Balaban J connectivity index is 1.60. The zero-order valence-electron chi connectivity index (χ0n) is 12.0. The predicted octanol–water partition coefficient (Wildman–Crippen LogP) is 3.47. The molecule has 2 aromatic carbocycles. The average Bonchev–Trinajstić information content (AvgIpc) is 3.24. The molecule has 0 aliphatic heterocycles. The van der Waals surface area contributed by atoms with Crippen LogP contribution in [0.15, 0.2) is 65.4 Å². The molecular weight excluding hydrogens is 292 g/mol. The van der Waals surface area contributed by atoms with Crippen molar-refractivity contribution in [1.82, 2.24) is 15.2 Å². The maximum absolute atomic E-state index is 12.4. The molecule has 6 heteroatoms. The summed E-state index contributed by atoms with van der Waals surface area (Å²) in [7, 11) is 0. The number of carbonyl (C=O) groups is 1. The Labute approximate surface area is 131 Å². The van der Waals surface area contributed by atoms with Gasteiger partial charge in [0.15, 0.2) is 0 Å². The molecule has 6 nitrogen and oxygen atoms in total. The molecule has 0 aliphatic rings. The molecular formula is C17H12N4O2. The number of nitrogens with one attached hydrogen (secondary N) is 2. The molecule has 23 heavy (non-hydrogen) atoms. The highest BCUT2D eigenvalue weighted by atomic mass is 16.4. The average molecular weight is 304 g/mol. The fourth-order valence-electron chi connectivity index (χ4n) is 2.42. The lowest BCUT2D eigenvalue weighted by molar-refractivity contribution is 0.102. The third kappa shape index (κ3) is 2.57. The number of carbonyl (C=O) groups excluding carboxylic acids is 1. The van der Waals surface area contributed by atoms with E-state index in [1.54, 1.807) is 12.1 Å². The number of H-pyrrole nitrogens is 1. The van der Waals surface area contributed by atoms with Crippen molar-refractivity contribution in [2.45, 2.75) is 0 Å². The van der Waals surface area contributed by atoms with Crippen LogP contribution >= 0.6 is 0 Å². The summed E-state index contributed by atoms with van der Waals surface area (Å²) in [4.78, 5) is 15.5. The van der Waals surface area contributed by atoms with Crippen LogP contribution in [0.1, 0.15) is 10.5 Å². The Morgan fingerprint density at radius 3 is 2.83 bits per heavy atom. The summed E-state index contributed by atoms with van der Waals surface area (Å²) < 4.78 is 5.16. The number of aromatic amines is 1. The minimum Gasteiger partial charge on any atom is -0.423 e. The Morgan fingerprint density at radius 1 is 1.09 bits per heavy atom. The first-order valence-corrected chi connectivity index (χ1v) is 7.05. The Bertz CT molecular complexity index is 940. The first kappa shape index (κ1) is 13.3. The Hall–Kier alpha value is -3.41. The van der Waals surface area contributed by atoms with Gasteiger partial charge in [0, 0.05) is 22.2 Å². The molecule has 0 fully saturated rings. The second-order valence-corrected chi connectivity index (χ2v) is 5.05. The lowest BCUT2D eigenvalue weighted by Gasteiger charge is -2.04. The van der Waals surface area contributed by atoms with Crippen molar-refractivity contribution in [3.05, 3.63) is 66.7 Å². The van der Waals surface area contributed by atoms with E-state index < -0.39 is 0 Å². The third-order valence-corrected chi connectivity index (χ3v) is 3.50. The van der Waals surface area contributed by atoms with Gasteiger partial charge in [-0.3, -0.25) is 4.79 Å². The van der Waals surface area contributed by atoms with E-state index in [4.69, 9.17) is 4.42 Å². The summed E-state index contributed by atoms with van der Waals surface area (Å²) in [5, 5.41) is 11.4. The number of para-hydroxylation sites is 1. The van der Waals surface area contributed by atoms with E-state index in [1.807, 2.05) is 42.5 Å². The van der Waals surface area contributed by atoms with Gasteiger partial charge in [0.2, 0.25) is 12.3 Å². The third-order valence-electron chi connectivity index (χ3n) is 3.50. The SMILES string of the molecule is O=C(Nc1cccc(-c2nnco2)c1)c1cc2ccccc2[nH]1. The number of benzene rings is 2. The summed E-state index contributed by atoms with van der Waals surface area (Å²) in [6.07, 6.45) is 1.27. The van der Waals surface area contributed by atoms with E-state index in [-0.39, 0.29) is 5.91 Å². The molecule has 0 saturated carbocycles. The van der Waals surface area contributed by atoms with Crippen molar-refractivity contribution in [2.75, 3.05) is 5.32 Å². The highest BCUT2D eigenvalue weighted by Gasteiger charge is 2.11. The van der Waals surface area contributed by atoms with E-state index >= 15 is 0 Å². The minimum absolute atomic E-state index is 0.205. The smallest absolute Gasteiger partial charge is 0.272 e. The fourth-order valence-corrected chi connectivity index (χ4v) is 2.42. The van der Waals surface area contributed by atoms with Crippen molar-refractivity contribution in [3.8, 4) is 11.5 Å². The van der Waals surface area contributed by atoms with Crippen molar-refractivity contribution in [2.24, 2.45) is 0 Å². The zero-order chi connectivity index (χ0) is 15.6. The quantitative estimate of drug-likeness (QED) is 0.607. The van der Waals surface area contributed by atoms with Crippen LogP contribution in [0.5, 0.6) is 0 Å². The number of rotatable bonds is 3. The van der Waals surface area contributed by atoms with Gasteiger partial charge in [0.05, 0.1) is 0 Å². The second kappa shape index (κ2) is 5.42. The van der Waals surface area contributed by atoms with Gasteiger partial charge in [-0.05, 0) is 30.3 Å². The van der Waals surface area contributed by atoms with Gasteiger partial charge >= 0.3 is 0 Å². The van der Waals surface area contributed by atoms with Crippen LogP contribution in [0, 0.1) is 0 Å². The number of amides is 1. The summed E-state index contributed by atoms with van der Waals surface area (Å²) in [5.41, 5.74) is 2.84. The van der Waals surface area contributed by atoms with Crippen LogP contribution in [-0.4, -0.2) is 21.1 Å². The van der Waals surface area contributed by atoms with Crippen LogP contribution in [-0.2, 0) is 0 Å². The number of fused-ring (bicyclic) bond motifs is 1. The summed E-state index contributed by atoms with van der Waals surface area (Å²) >= 11 is 0. The molecule has 2 N–H and O–H groups in total. The molecule has 0 saturated heterocycles. The monoisotopic (exact) mass is 304 g/mol. The van der Waals surface area contributed by atoms with E-state index in [2.05, 4.69) is 20.5 Å². The highest BCUT2D eigenvalue weighted by Crippen LogP contribution is 2.21. The van der Waals surface area contributed by atoms with Gasteiger partial charge in [0.25, 0.3) is 5.91 Å². The molecule has 1 amide bonds. The number of hydrogen-bond acceptors (Lipinski definition) is 4. The molecule has 0 spiro atoms. The molecule has 0 radical (unpaired) electrons. The fraction of sp³-hybridized carbons (Fsp3) is 0. The van der Waals surface area contributed by atoms with E-state index in [1.165, 1.54) is 6.39 Å². The lowest BCUT2D eigenvalue weighted by atomic mass is 10.2. The lowest BCUT2D eigenvalue weighted by Crippen LogP contribution is -2.12. The second-order valence-electron chi connectivity index (χ2n) is 5.05. The largest absolute Gasteiger partial charge is 0.423 e. The molecule has 2 heterocycles. The molecule has 4 rings (SSSR count). The summed E-state index contributed by atoms with van der Waals surface area (Å²) in [5.74, 6) is 0.204. The van der Waals surface area contributed by atoms with E-state index in [0.29, 0.717) is 17.3 Å². The van der Waals surface area contributed by atoms with Crippen molar-refractivity contribution >= 4 is 22.5 Å². The highest BCUT2D eigenvalue weighted by molar-refractivity contribution is 6.06. The van der Waals surface area contributed by atoms with Gasteiger partial charge in [-0.15, -0.1) is 10.2 Å². The van der Waals surface area contributed by atoms with Crippen LogP contribution in [0.4, 0.5) is 5.69 Å². The molecule has 0 atom stereocenters. The van der Waals surface area contributed by atoms with Crippen LogP contribution in [0.3, 0.4) is 0 Å². The van der Waals surface area contributed by atoms with Gasteiger partial charge in [-0.25, -0.2) is 0 Å². The zero-order valence-corrected chi connectivity index (χ0v) is 12.0. The van der Waals surface area contributed by atoms with Crippen LogP contribution in [0.2, 0.25) is 0 Å². The van der Waals surface area contributed by atoms with E-state index in [9.17, 15) is 4.79 Å². The van der Waals surface area contributed by atoms with Crippen LogP contribution in [0.25, 0.3) is 22.4 Å². The van der Waals surface area contributed by atoms with Crippen molar-refractivity contribution in [3.63, 3.8) is 0 Å². The first-order chi connectivity index (χ1) is 11.3.